The van der Waals surface area contributed by atoms with E-state index in [0.29, 0.717) is 5.89 Å². The van der Waals surface area contributed by atoms with E-state index in [2.05, 4.69) is 9.55 Å². The third-order valence-corrected chi connectivity index (χ3v) is 5.35. The molecule has 31 heavy (non-hydrogen) atoms. The number of nitrogens with zero attached hydrogens (tertiary/aromatic N) is 3. The normalized spacial score (nSPS) is 12.3. The van der Waals surface area contributed by atoms with Gasteiger partial charge in [0, 0.05) is 12.5 Å². The van der Waals surface area contributed by atoms with E-state index in [1.807, 2.05) is 79.7 Å². The van der Waals surface area contributed by atoms with Gasteiger partial charge in [0.1, 0.15) is 17.9 Å². The third kappa shape index (κ3) is 3.57. The first-order valence-electron chi connectivity index (χ1n) is 10.1. The van der Waals surface area contributed by atoms with E-state index < -0.39 is 0 Å². The lowest BCUT2D eigenvalue weighted by Gasteiger charge is -2.21. The Bertz CT molecular complexity index is 1350. The van der Waals surface area contributed by atoms with E-state index in [1.165, 1.54) is 6.92 Å². The van der Waals surface area contributed by atoms with Crippen LogP contribution in [0.15, 0.2) is 77.2 Å². The van der Waals surface area contributed by atoms with Gasteiger partial charge in [-0.05, 0) is 42.8 Å². The summed E-state index contributed by atoms with van der Waals surface area (Å²) in [5, 5.41) is 0. The van der Waals surface area contributed by atoms with Gasteiger partial charge in [-0.1, -0.05) is 42.5 Å². The Balaban J connectivity index is 1.60. The highest BCUT2D eigenvalue weighted by Crippen LogP contribution is 2.31. The molecule has 0 amide bonds. The average molecular weight is 411 g/mol. The van der Waals surface area contributed by atoms with Crippen molar-refractivity contribution in [3.8, 4) is 11.5 Å². The summed E-state index contributed by atoms with van der Waals surface area (Å²) >= 11 is 0. The van der Waals surface area contributed by atoms with Crippen molar-refractivity contribution in [2.24, 2.45) is 0 Å². The molecule has 0 N–H and O–H groups in total. The van der Waals surface area contributed by atoms with E-state index in [9.17, 15) is 4.79 Å². The number of hydrogen-bond donors (Lipinski definition) is 0. The first-order valence-corrected chi connectivity index (χ1v) is 10.1. The molecule has 0 aliphatic rings. The van der Waals surface area contributed by atoms with Gasteiger partial charge >= 0.3 is 5.97 Å². The van der Waals surface area contributed by atoms with E-state index in [0.717, 1.165) is 39.1 Å². The molecule has 5 rings (SSSR count). The largest absolute Gasteiger partial charge is 0.463 e. The van der Waals surface area contributed by atoms with Crippen molar-refractivity contribution in [2.45, 2.75) is 19.9 Å². The number of esters is 1. The molecule has 1 unspecified atom stereocenters. The number of para-hydroxylation sites is 2. The number of aryl methyl sites for hydroxylation is 1. The van der Waals surface area contributed by atoms with E-state index >= 15 is 0 Å². The smallest absolute Gasteiger partial charge is 0.302 e. The summed E-state index contributed by atoms with van der Waals surface area (Å²) < 4.78 is 13.4. The molecule has 0 radical (unpaired) electrons. The van der Waals surface area contributed by atoms with Crippen molar-refractivity contribution in [3.63, 3.8) is 0 Å². The predicted octanol–water partition coefficient (Wildman–Crippen LogP) is 5.31. The number of ether oxygens (including phenoxy) is 1. The van der Waals surface area contributed by atoms with Crippen LogP contribution in [0, 0.1) is 6.92 Å². The van der Waals surface area contributed by atoms with Crippen molar-refractivity contribution < 1.29 is 13.9 Å². The Morgan fingerprint density at radius 2 is 1.77 bits per heavy atom. The van der Waals surface area contributed by atoms with Crippen LogP contribution in [0.5, 0.6) is 0 Å². The van der Waals surface area contributed by atoms with Gasteiger partial charge in [-0.2, -0.15) is 0 Å². The summed E-state index contributed by atoms with van der Waals surface area (Å²) in [5.74, 6) is 1.10. The van der Waals surface area contributed by atoms with E-state index in [-0.39, 0.29) is 18.6 Å². The van der Waals surface area contributed by atoms with Crippen LogP contribution in [0.2, 0.25) is 0 Å². The van der Waals surface area contributed by atoms with Crippen LogP contribution in [0.4, 0.5) is 0 Å². The van der Waals surface area contributed by atoms with E-state index in [1.54, 1.807) is 0 Å². The maximum absolute atomic E-state index is 11.5. The van der Waals surface area contributed by atoms with Crippen molar-refractivity contribution in [1.29, 1.82) is 0 Å². The van der Waals surface area contributed by atoms with Crippen LogP contribution >= 0.6 is 0 Å². The SMILES string of the molecule is CC(=O)OCC(c1ccccc1)n1c(C)nc2cc(-c3nc4ccccc4o3)ccc21. The molecular formula is C25H21N3O3. The van der Waals surface area contributed by atoms with Gasteiger partial charge in [-0.3, -0.25) is 4.79 Å². The van der Waals surface area contributed by atoms with Crippen LogP contribution in [-0.2, 0) is 9.53 Å². The van der Waals surface area contributed by atoms with Gasteiger partial charge in [0.05, 0.1) is 17.1 Å². The summed E-state index contributed by atoms with van der Waals surface area (Å²) in [6, 6.07) is 23.5. The molecule has 0 spiro atoms. The number of oxazole rings is 1. The average Bonchev–Trinajstić information content (AvgIpc) is 3.35. The molecule has 6 nitrogen and oxygen atoms in total. The number of benzene rings is 3. The van der Waals surface area contributed by atoms with Gasteiger partial charge in [0.15, 0.2) is 5.58 Å². The number of fused-ring (bicyclic) bond motifs is 2. The quantitative estimate of drug-likeness (QED) is 0.367. The molecule has 0 saturated carbocycles. The van der Waals surface area contributed by atoms with Gasteiger partial charge in [-0.15, -0.1) is 0 Å². The second kappa shape index (κ2) is 7.72. The molecule has 3 aromatic carbocycles. The highest BCUT2D eigenvalue weighted by atomic mass is 16.5. The van der Waals surface area contributed by atoms with Crippen LogP contribution in [-0.4, -0.2) is 27.1 Å². The molecular weight excluding hydrogens is 390 g/mol. The number of hydrogen-bond acceptors (Lipinski definition) is 5. The third-order valence-electron chi connectivity index (χ3n) is 5.35. The second-order valence-electron chi connectivity index (χ2n) is 7.45. The molecule has 0 bridgehead atoms. The Labute approximate surface area is 179 Å². The van der Waals surface area contributed by atoms with Crippen LogP contribution in [0.25, 0.3) is 33.6 Å². The minimum Gasteiger partial charge on any atom is -0.463 e. The molecule has 154 valence electrons. The highest BCUT2D eigenvalue weighted by Gasteiger charge is 2.21. The molecule has 2 heterocycles. The summed E-state index contributed by atoms with van der Waals surface area (Å²) in [6.07, 6.45) is 0. The summed E-state index contributed by atoms with van der Waals surface area (Å²) in [6.45, 7) is 3.62. The fourth-order valence-corrected chi connectivity index (χ4v) is 3.93. The molecule has 5 aromatic rings. The summed E-state index contributed by atoms with van der Waals surface area (Å²) in [4.78, 5) is 20.9. The highest BCUT2D eigenvalue weighted by molar-refractivity contribution is 5.83. The lowest BCUT2D eigenvalue weighted by molar-refractivity contribution is -0.141. The molecule has 6 heteroatoms. The van der Waals surface area contributed by atoms with Gasteiger partial charge in [-0.25, -0.2) is 9.97 Å². The summed E-state index contributed by atoms with van der Waals surface area (Å²) in [7, 11) is 0. The minimum absolute atomic E-state index is 0.176. The zero-order chi connectivity index (χ0) is 21.4. The first-order chi connectivity index (χ1) is 15.1. The molecule has 0 saturated heterocycles. The molecule has 0 fully saturated rings. The Kier molecular flexibility index (Phi) is 4.75. The molecule has 1 atom stereocenters. The fraction of sp³-hybridized carbons (Fsp3) is 0.160. The maximum atomic E-state index is 11.5. The minimum atomic E-state index is -0.304. The number of carbonyl (C=O) groups excluding carboxylic acids is 1. The number of carbonyl (C=O) groups is 1. The zero-order valence-electron chi connectivity index (χ0n) is 17.3. The van der Waals surface area contributed by atoms with Gasteiger partial charge in [0.2, 0.25) is 5.89 Å². The van der Waals surface area contributed by atoms with Crippen molar-refractivity contribution in [1.82, 2.24) is 14.5 Å². The molecule has 0 aliphatic heterocycles. The number of rotatable bonds is 5. The van der Waals surface area contributed by atoms with Gasteiger partial charge < -0.3 is 13.7 Å². The van der Waals surface area contributed by atoms with Crippen molar-refractivity contribution in [2.75, 3.05) is 6.61 Å². The summed E-state index contributed by atoms with van der Waals surface area (Å²) in [5.41, 5.74) is 5.29. The predicted molar refractivity (Wildman–Crippen MR) is 119 cm³/mol. The Morgan fingerprint density at radius 1 is 1.00 bits per heavy atom. The molecule has 0 aliphatic carbocycles. The molecule has 2 aromatic heterocycles. The lowest BCUT2D eigenvalue weighted by Crippen LogP contribution is -2.19. The Morgan fingerprint density at radius 3 is 2.55 bits per heavy atom. The standard InChI is InChI=1S/C25H21N3O3/c1-16-26-21-14-19(25-27-20-10-6-7-11-24(20)31-25)12-13-22(21)28(16)23(15-30-17(2)29)18-8-4-3-5-9-18/h3-14,23H,15H2,1-2H3. The van der Waals surface area contributed by atoms with Crippen molar-refractivity contribution in [3.05, 3.63) is 84.2 Å². The lowest BCUT2D eigenvalue weighted by atomic mass is 10.1. The number of imidazole rings is 1. The fourth-order valence-electron chi connectivity index (χ4n) is 3.93. The van der Waals surface area contributed by atoms with Crippen LogP contribution in [0.3, 0.4) is 0 Å². The van der Waals surface area contributed by atoms with Crippen LogP contribution in [0.1, 0.15) is 24.4 Å². The van der Waals surface area contributed by atoms with E-state index in [4.69, 9.17) is 14.1 Å². The van der Waals surface area contributed by atoms with Crippen molar-refractivity contribution >= 4 is 28.1 Å². The van der Waals surface area contributed by atoms with Crippen LogP contribution < -0.4 is 0 Å². The van der Waals surface area contributed by atoms with Gasteiger partial charge in [0.25, 0.3) is 0 Å². The maximum Gasteiger partial charge on any atom is 0.302 e. The first kappa shape index (κ1) is 19.1. The number of aromatic nitrogens is 3. The zero-order valence-corrected chi connectivity index (χ0v) is 17.3. The monoisotopic (exact) mass is 411 g/mol. The Hall–Kier alpha value is -3.93. The second-order valence-corrected chi connectivity index (χ2v) is 7.45. The topological polar surface area (TPSA) is 70.2 Å².